The van der Waals surface area contributed by atoms with E-state index in [0.29, 0.717) is 28.5 Å². The molecule has 2 aromatic rings. The molecule has 6 heteroatoms. The third-order valence-electron chi connectivity index (χ3n) is 2.78. The van der Waals surface area contributed by atoms with E-state index in [9.17, 15) is 0 Å². The summed E-state index contributed by atoms with van der Waals surface area (Å²) in [7, 11) is 0. The molecule has 1 atom stereocenters. The zero-order valence-corrected chi connectivity index (χ0v) is 11.8. The maximum absolute atomic E-state index is 6.04. The van der Waals surface area contributed by atoms with E-state index >= 15 is 0 Å². The van der Waals surface area contributed by atoms with Crippen LogP contribution in [0.3, 0.4) is 0 Å². The molecular formula is C13H17ClN4O. The lowest BCUT2D eigenvalue weighted by Crippen LogP contribution is -2.25. The average Bonchev–Trinajstić information content (AvgIpc) is 2.86. The second-order valence-electron chi connectivity index (χ2n) is 4.34. The predicted molar refractivity (Wildman–Crippen MR) is 74.0 cm³/mol. The quantitative estimate of drug-likeness (QED) is 0.881. The fourth-order valence-electron chi connectivity index (χ4n) is 1.79. The molecule has 0 bridgehead atoms. The Morgan fingerprint density at radius 3 is 3.05 bits per heavy atom. The third-order valence-corrected chi connectivity index (χ3v) is 3.09. The summed E-state index contributed by atoms with van der Waals surface area (Å²) in [5, 5.41) is 7.78. The van der Waals surface area contributed by atoms with Gasteiger partial charge in [0.05, 0.1) is 5.02 Å². The minimum absolute atomic E-state index is 0.429. The van der Waals surface area contributed by atoms with Crippen LogP contribution in [0.2, 0.25) is 5.02 Å². The first kappa shape index (κ1) is 14.0. The Kier molecular flexibility index (Phi) is 4.87. The summed E-state index contributed by atoms with van der Waals surface area (Å²) in [5.41, 5.74) is 0.555. The molecule has 0 saturated heterocycles. The summed E-state index contributed by atoms with van der Waals surface area (Å²) in [5.74, 6) is 1.05. The topological polar surface area (TPSA) is 63.8 Å². The molecular weight excluding hydrogens is 264 g/mol. The molecule has 0 fully saturated rings. The zero-order chi connectivity index (χ0) is 13.7. The molecule has 0 spiro atoms. The van der Waals surface area contributed by atoms with Crippen LogP contribution in [0.25, 0.3) is 11.5 Å². The minimum atomic E-state index is 0.429. The average molecular weight is 281 g/mol. The van der Waals surface area contributed by atoms with Crippen molar-refractivity contribution in [1.82, 2.24) is 20.4 Å². The number of hydrogen-bond donors (Lipinski definition) is 1. The summed E-state index contributed by atoms with van der Waals surface area (Å²) in [6, 6.07) is 3.96. The fraction of sp³-hybridized carbons (Fsp3) is 0.462. The van der Waals surface area contributed by atoms with Gasteiger partial charge in [0.1, 0.15) is 5.69 Å². The Morgan fingerprint density at radius 2 is 2.32 bits per heavy atom. The van der Waals surface area contributed by atoms with E-state index in [0.717, 1.165) is 19.4 Å². The van der Waals surface area contributed by atoms with Crippen molar-refractivity contribution >= 4 is 11.6 Å². The monoisotopic (exact) mass is 280 g/mol. The standard InChI is InChI=1S/C13H17ClN4O/c1-3-15-9(2)6-7-11-17-13(18-19-11)12-10(14)5-4-8-16-12/h4-5,8-9,15H,3,6-7H2,1-2H3. The van der Waals surface area contributed by atoms with Gasteiger partial charge in [-0.1, -0.05) is 23.7 Å². The highest BCUT2D eigenvalue weighted by atomic mass is 35.5. The van der Waals surface area contributed by atoms with Crippen molar-refractivity contribution in [2.24, 2.45) is 0 Å². The van der Waals surface area contributed by atoms with Crippen LogP contribution >= 0.6 is 11.6 Å². The third kappa shape index (κ3) is 3.75. The summed E-state index contributed by atoms with van der Waals surface area (Å²) < 4.78 is 5.22. The molecule has 0 aliphatic rings. The van der Waals surface area contributed by atoms with Gasteiger partial charge in [0.15, 0.2) is 0 Å². The van der Waals surface area contributed by atoms with E-state index in [-0.39, 0.29) is 0 Å². The molecule has 5 nitrogen and oxygen atoms in total. The van der Waals surface area contributed by atoms with Crippen molar-refractivity contribution in [1.29, 1.82) is 0 Å². The number of nitrogens with one attached hydrogen (secondary N) is 1. The highest BCUT2D eigenvalue weighted by molar-refractivity contribution is 6.32. The summed E-state index contributed by atoms with van der Waals surface area (Å²) in [6.45, 7) is 5.18. The van der Waals surface area contributed by atoms with E-state index in [4.69, 9.17) is 16.1 Å². The normalized spacial score (nSPS) is 12.6. The minimum Gasteiger partial charge on any atom is -0.339 e. The maximum Gasteiger partial charge on any atom is 0.227 e. The van der Waals surface area contributed by atoms with Gasteiger partial charge in [-0.3, -0.25) is 4.98 Å². The van der Waals surface area contributed by atoms with Crippen LogP contribution < -0.4 is 5.32 Å². The largest absolute Gasteiger partial charge is 0.339 e. The molecule has 0 aromatic carbocycles. The van der Waals surface area contributed by atoms with Gasteiger partial charge in [-0.2, -0.15) is 4.98 Å². The van der Waals surface area contributed by atoms with Crippen molar-refractivity contribution in [2.45, 2.75) is 32.7 Å². The van der Waals surface area contributed by atoms with Gasteiger partial charge in [-0.05, 0) is 32.0 Å². The molecule has 102 valence electrons. The number of aromatic nitrogens is 3. The molecule has 2 heterocycles. The number of aryl methyl sites for hydroxylation is 1. The molecule has 2 aromatic heterocycles. The fourth-order valence-corrected chi connectivity index (χ4v) is 2.00. The number of nitrogens with zero attached hydrogens (tertiary/aromatic N) is 3. The SMILES string of the molecule is CCNC(C)CCc1nc(-c2ncccc2Cl)no1. The highest BCUT2D eigenvalue weighted by Gasteiger charge is 2.13. The first-order valence-corrected chi connectivity index (χ1v) is 6.75. The Labute approximate surface area is 117 Å². The Morgan fingerprint density at radius 1 is 1.47 bits per heavy atom. The molecule has 19 heavy (non-hydrogen) atoms. The Hall–Kier alpha value is -1.46. The number of hydrogen-bond acceptors (Lipinski definition) is 5. The first-order chi connectivity index (χ1) is 9.20. The smallest absolute Gasteiger partial charge is 0.227 e. The van der Waals surface area contributed by atoms with E-state index in [1.165, 1.54) is 0 Å². The number of rotatable bonds is 6. The molecule has 0 amide bonds. The van der Waals surface area contributed by atoms with Gasteiger partial charge in [0, 0.05) is 18.7 Å². The van der Waals surface area contributed by atoms with Crippen LogP contribution in [-0.4, -0.2) is 27.7 Å². The van der Waals surface area contributed by atoms with E-state index < -0.39 is 0 Å². The van der Waals surface area contributed by atoms with E-state index in [1.807, 2.05) is 0 Å². The molecule has 1 unspecified atom stereocenters. The maximum atomic E-state index is 6.04. The number of halogens is 1. The highest BCUT2D eigenvalue weighted by Crippen LogP contribution is 2.22. The van der Waals surface area contributed by atoms with Crippen LogP contribution in [-0.2, 0) is 6.42 Å². The van der Waals surface area contributed by atoms with Crippen molar-refractivity contribution < 1.29 is 4.52 Å². The summed E-state index contributed by atoms with van der Waals surface area (Å²) in [4.78, 5) is 8.48. The van der Waals surface area contributed by atoms with Gasteiger partial charge in [-0.15, -0.1) is 0 Å². The van der Waals surface area contributed by atoms with Crippen molar-refractivity contribution in [2.75, 3.05) is 6.54 Å². The zero-order valence-electron chi connectivity index (χ0n) is 11.1. The van der Waals surface area contributed by atoms with Crippen LogP contribution in [0.5, 0.6) is 0 Å². The van der Waals surface area contributed by atoms with Gasteiger partial charge in [0.2, 0.25) is 11.7 Å². The summed E-state index contributed by atoms with van der Waals surface area (Å²) >= 11 is 6.04. The van der Waals surface area contributed by atoms with Gasteiger partial charge >= 0.3 is 0 Å². The van der Waals surface area contributed by atoms with Gasteiger partial charge < -0.3 is 9.84 Å². The predicted octanol–water partition coefficient (Wildman–Crippen LogP) is 2.72. The van der Waals surface area contributed by atoms with Crippen LogP contribution in [0, 0.1) is 0 Å². The van der Waals surface area contributed by atoms with Crippen molar-refractivity contribution in [3.05, 3.63) is 29.2 Å². The van der Waals surface area contributed by atoms with Crippen molar-refractivity contribution in [3.8, 4) is 11.5 Å². The second kappa shape index (κ2) is 6.63. The Bertz CT molecular complexity index is 529. The molecule has 0 aliphatic carbocycles. The second-order valence-corrected chi connectivity index (χ2v) is 4.75. The lowest BCUT2D eigenvalue weighted by atomic mass is 10.2. The first-order valence-electron chi connectivity index (χ1n) is 6.37. The lowest BCUT2D eigenvalue weighted by molar-refractivity contribution is 0.368. The lowest BCUT2D eigenvalue weighted by Gasteiger charge is -2.09. The molecule has 0 saturated carbocycles. The van der Waals surface area contributed by atoms with Gasteiger partial charge in [0.25, 0.3) is 0 Å². The molecule has 2 rings (SSSR count). The van der Waals surface area contributed by atoms with E-state index in [2.05, 4.69) is 34.3 Å². The molecule has 0 aliphatic heterocycles. The summed E-state index contributed by atoms with van der Waals surface area (Å²) in [6.07, 6.45) is 3.35. The number of pyridine rings is 1. The van der Waals surface area contributed by atoms with Crippen LogP contribution in [0.15, 0.2) is 22.9 Å². The Balaban J connectivity index is 2.02. The van der Waals surface area contributed by atoms with E-state index in [1.54, 1.807) is 18.3 Å². The van der Waals surface area contributed by atoms with Gasteiger partial charge in [-0.25, -0.2) is 0 Å². The van der Waals surface area contributed by atoms with Crippen LogP contribution in [0.4, 0.5) is 0 Å². The molecule has 0 radical (unpaired) electrons. The van der Waals surface area contributed by atoms with Crippen LogP contribution in [0.1, 0.15) is 26.2 Å². The van der Waals surface area contributed by atoms with Crippen molar-refractivity contribution in [3.63, 3.8) is 0 Å². The molecule has 1 N–H and O–H groups in total.